The molecule has 0 aromatic heterocycles. The molecule has 0 aliphatic heterocycles. The zero-order valence-electron chi connectivity index (χ0n) is 12.1. The summed E-state index contributed by atoms with van der Waals surface area (Å²) in [5, 5.41) is 0.765. The van der Waals surface area contributed by atoms with E-state index < -0.39 is 0 Å². The Balaban J connectivity index is 2.19. The Hall–Kier alpha value is -1.51. The molecule has 2 rings (SSSR count). The molecule has 0 fully saturated rings. The maximum Gasteiger partial charge on any atom is 0.0426 e. The van der Waals surface area contributed by atoms with Gasteiger partial charge in [-0.15, -0.1) is 0 Å². The Kier molecular flexibility index (Phi) is 5.05. The summed E-state index contributed by atoms with van der Waals surface area (Å²) in [5.41, 5.74) is 10.7. The molecule has 0 unspecified atom stereocenters. The van der Waals surface area contributed by atoms with Gasteiger partial charge >= 0.3 is 0 Å². The van der Waals surface area contributed by atoms with Crippen LogP contribution in [-0.4, -0.2) is 13.6 Å². The van der Waals surface area contributed by atoms with E-state index in [0.717, 1.165) is 18.0 Å². The SMILES string of the molecule is Cc1ccc(CN(C)c2ccc(Cl)cc2CCN)cc1. The molecule has 2 nitrogen and oxygen atoms in total. The van der Waals surface area contributed by atoms with Crippen LogP contribution in [0.25, 0.3) is 0 Å². The van der Waals surface area contributed by atoms with Gasteiger partial charge in [0.2, 0.25) is 0 Å². The van der Waals surface area contributed by atoms with Crippen LogP contribution in [0, 0.1) is 6.92 Å². The molecule has 0 saturated heterocycles. The average Bonchev–Trinajstić information content (AvgIpc) is 2.42. The van der Waals surface area contributed by atoms with Crippen molar-refractivity contribution in [3.05, 3.63) is 64.2 Å². The lowest BCUT2D eigenvalue weighted by molar-refractivity contribution is 0.892. The largest absolute Gasteiger partial charge is 0.370 e. The lowest BCUT2D eigenvalue weighted by Gasteiger charge is -2.23. The molecule has 3 heteroatoms. The zero-order chi connectivity index (χ0) is 14.5. The molecular weight excluding hydrogens is 268 g/mol. The molecule has 0 bridgehead atoms. The van der Waals surface area contributed by atoms with Gasteiger partial charge in [-0.05, 0) is 49.2 Å². The molecular formula is C17H21ClN2. The van der Waals surface area contributed by atoms with Gasteiger partial charge in [0.05, 0.1) is 0 Å². The van der Waals surface area contributed by atoms with Gasteiger partial charge in [-0.1, -0.05) is 41.4 Å². The number of hydrogen-bond acceptors (Lipinski definition) is 2. The highest BCUT2D eigenvalue weighted by Gasteiger charge is 2.08. The molecule has 2 aromatic carbocycles. The summed E-state index contributed by atoms with van der Waals surface area (Å²) >= 11 is 6.08. The van der Waals surface area contributed by atoms with Crippen molar-refractivity contribution < 1.29 is 0 Å². The third kappa shape index (κ3) is 3.75. The van der Waals surface area contributed by atoms with Crippen LogP contribution >= 0.6 is 11.6 Å². The van der Waals surface area contributed by atoms with Crippen molar-refractivity contribution in [1.82, 2.24) is 0 Å². The van der Waals surface area contributed by atoms with E-state index in [1.165, 1.54) is 22.4 Å². The molecule has 0 atom stereocenters. The molecule has 0 heterocycles. The maximum absolute atomic E-state index is 6.08. The standard InChI is InChI=1S/C17H21ClN2/c1-13-3-5-14(6-4-13)12-20(2)17-8-7-16(18)11-15(17)9-10-19/h3-8,11H,9-10,12,19H2,1-2H3. The molecule has 0 aliphatic carbocycles. The van der Waals surface area contributed by atoms with Crippen LogP contribution in [0.4, 0.5) is 5.69 Å². The highest BCUT2D eigenvalue weighted by Crippen LogP contribution is 2.25. The highest BCUT2D eigenvalue weighted by molar-refractivity contribution is 6.30. The third-order valence-corrected chi connectivity index (χ3v) is 3.64. The molecule has 0 amide bonds. The highest BCUT2D eigenvalue weighted by atomic mass is 35.5. The van der Waals surface area contributed by atoms with Crippen molar-refractivity contribution >= 4 is 17.3 Å². The van der Waals surface area contributed by atoms with Crippen LogP contribution in [0.3, 0.4) is 0 Å². The summed E-state index contributed by atoms with van der Waals surface area (Å²) < 4.78 is 0. The van der Waals surface area contributed by atoms with Gasteiger partial charge in [0, 0.05) is 24.3 Å². The average molecular weight is 289 g/mol. The van der Waals surface area contributed by atoms with E-state index in [1.54, 1.807) is 0 Å². The van der Waals surface area contributed by atoms with Gasteiger partial charge in [0.25, 0.3) is 0 Å². The second-order valence-electron chi connectivity index (χ2n) is 5.15. The van der Waals surface area contributed by atoms with Crippen molar-refractivity contribution in [1.29, 1.82) is 0 Å². The number of hydrogen-bond donors (Lipinski definition) is 1. The van der Waals surface area contributed by atoms with Crippen molar-refractivity contribution in [2.45, 2.75) is 19.9 Å². The number of aryl methyl sites for hydroxylation is 1. The Bertz CT molecular complexity index is 564. The summed E-state index contributed by atoms with van der Waals surface area (Å²) in [4.78, 5) is 2.24. The number of nitrogens with zero attached hydrogens (tertiary/aromatic N) is 1. The van der Waals surface area contributed by atoms with E-state index >= 15 is 0 Å². The van der Waals surface area contributed by atoms with E-state index in [0.29, 0.717) is 6.54 Å². The summed E-state index contributed by atoms with van der Waals surface area (Å²) in [6.45, 7) is 3.61. The fraction of sp³-hybridized carbons (Fsp3) is 0.294. The lowest BCUT2D eigenvalue weighted by atomic mass is 10.1. The molecule has 0 saturated carbocycles. The van der Waals surface area contributed by atoms with E-state index in [9.17, 15) is 0 Å². The predicted molar refractivity (Wildman–Crippen MR) is 87.5 cm³/mol. The fourth-order valence-electron chi connectivity index (χ4n) is 2.33. The van der Waals surface area contributed by atoms with E-state index in [1.807, 2.05) is 12.1 Å². The van der Waals surface area contributed by atoms with Gasteiger partial charge in [-0.3, -0.25) is 0 Å². The molecule has 106 valence electrons. The normalized spacial score (nSPS) is 10.6. The van der Waals surface area contributed by atoms with Crippen molar-refractivity contribution in [3.63, 3.8) is 0 Å². The monoisotopic (exact) mass is 288 g/mol. The lowest BCUT2D eigenvalue weighted by Crippen LogP contribution is -2.19. The Morgan fingerprint density at radius 3 is 2.45 bits per heavy atom. The molecule has 2 N–H and O–H groups in total. The number of benzene rings is 2. The van der Waals surface area contributed by atoms with Crippen molar-refractivity contribution in [3.8, 4) is 0 Å². The number of rotatable bonds is 5. The van der Waals surface area contributed by atoms with Gasteiger partial charge in [0.15, 0.2) is 0 Å². The van der Waals surface area contributed by atoms with Crippen LogP contribution in [0.2, 0.25) is 5.02 Å². The van der Waals surface area contributed by atoms with Gasteiger partial charge in [0.1, 0.15) is 0 Å². The minimum absolute atomic E-state index is 0.631. The Labute approximate surface area is 126 Å². The van der Waals surface area contributed by atoms with Crippen LogP contribution in [0.15, 0.2) is 42.5 Å². The summed E-state index contributed by atoms with van der Waals surface area (Å²) in [7, 11) is 2.10. The van der Waals surface area contributed by atoms with Crippen molar-refractivity contribution in [2.24, 2.45) is 5.73 Å². The second kappa shape index (κ2) is 6.78. The van der Waals surface area contributed by atoms with E-state index in [2.05, 4.69) is 49.2 Å². The maximum atomic E-state index is 6.08. The first-order chi connectivity index (χ1) is 9.60. The quantitative estimate of drug-likeness (QED) is 0.907. The first-order valence-corrected chi connectivity index (χ1v) is 7.23. The number of anilines is 1. The second-order valence-corrected chi connectivity index (χ2v) is 5.59. The third-order valence-electron chi connectivity index (χ3n) is 3.41. The fourth-order valence-corrected chi connectivity index (χ4v) is 2.53. The van der Waals surface area contributed by atoms with E-state index in [4.69, 9.17) is 17.3 Å². The number of halogens is 1. The van der Waals surface area contributed by atoms with Crippen LogP contribution in [0.5, 0.6) is 0 Å². The van der Waals surface area contributed by atoms with Gasteiger partial charge in [-0.2, -0.15) is 0 Å². The van der Waals surface area contributed by atoms with Crippen LogP contribution in [0.1, 0.15) is 16.7 Å². The Morgan fingerprint density at radius 2 is 1.80 bits per heavy atom. The molecule has 2 aromatic rings. The van der Waals surface area contributed by atoms with Crippen molar-refractivity contribution in [2.75, 3.05) is 18.5 Å². The summed E-state index contributed by atoms with van der Waals surface area (Å²) in [5.74, 6) is 0. The smallest absolute Gasteiger partial charge is 0.0426 e. The Morgan fingerprint density at radius 1 is 1.10 bits per heavy atom. The van der Waals surface area contributed by atoms with E-state index in [-0.39, 0.29) is 0 Å². The summed E-state index contributed by atoms with van der Waals surface area (Å²) in [6.07, 6.45) is 0.841. The zero-order valence-corrected chi connectivity index (χ0v) is 12.8. The molecule has 0 radical (unpaired) electrons. The first-order valence-electron chi connectivity index (χ1n) is 6.85. The molecule has 20 heavy (non-hydrogen) atoms. The first kappa shape index (κ1) is 14.9. The van der Waals surface area contributed by atoms with Gasteiger partial charge < -0.3 is 10.6 Å². The minimum Gasteiger partial charge on any atom is -0.370 e. The van der Waals surface area contributed by atoms with Gasteiger partial charge in [-0.25, -0.2) is 0 Å². The van der Waals surface area contributed by atoms with Crippen LogP contribution in [-0.2, 0) is 13.0 Å². The predicted octanol–water partition coefficient (Wildman–Crippen LogP) is 3.79. The molecule has 0 aliphatic rings. The summed E-state index contributed by atoms with van der Waals surface area (Å²) in [6, 6.07) is 14.6. The minimum atomic E-state index is 0.631. The number of nitrogens with two attached hydrogens (primary N) is 1. The molecule has 0 spiro atoms. The topological polar surface area (TPSA) is 29.3 Å². The van der Waals surface area contributed by atoms with Crippen LogP contribution < -0.4 is 10.6 Å².